The van der Waals surface area contributed by atoms with Crippen molar-refractivity contribution in [1.29, 1.82) is 0 Å². The average molecular weight is 235 g/mol. The number of hydrogen-bond acceptors (Lipinski definition) is 5. The summed E-state index contributed by atoms with van der Waals surface area (Å²) in [5.74, 6) is -0.0516. The van der Waals surface area contributed by atoms with Gasteiger partial charge in [0.05, 0.1) is 12.0 Å². The topological polar surface area (TPSA) is 82.6 Å². The summed E-state index contributed by atoms with van der Waals surface area (Å²) in [5, 5.41) is 11.2. The maximum absolute atomic E-state index is 11.2. The molecule has 0 amide bonds. The highest BCUT2D eigenvalue weighted by Gasteiger charge is 2.23. The van der Waals surface area contributed by atoms with Gasteiger partial charge in [-0.05, 0) is 12.1 Å². The number of methoxy groups -OCH3 is 1. The van der Waals surface area contributed by atoms with E-state index in [1.54, 1.807) is 0 Å². The van der Waals surface area contributed by atoms with E-state index in [4.69, 9.17) is 9.15 Å². The van der Waals surface area contributed by atoms with Gasteiger partial charge in [-0.15, -0.1) is 0 Å². The predicted octanol–water partition coefficient (Wildman–Crippen LogP) is 2.55. The van der Waals surface area contributed by atoms with Gasteiger partial charge in [0.2, 0.25) is 0 Å². The van der Waals surface area contributed by atoms with Crippen LogP contribution in [-0.2, 0) is 0 Å². The molecule has 1 heterocycles. The first kappa shape index (κ1) is 11.1. The van der Waals surface area contributed by atoms with Gasteiger partial charge in [-0.2, -0.15) is 0 Å². The van der Waals surface area contributed by atoms with Gasteiger partial charge >= 0.3 is 5.69 Å². The number of ether oxygens (including phenoxy) is 1. The van der Waals surface area contributed by atoms with E-state index in [1.165, 1.54) is 32.2 Å². The van der Waals surface area contributed by atoms with E-state index in [-0.39, 0.29) is 28.4 Å². The molecule has 0 aliphatic heterocycles. The van der Waals surface area contributed by atoms with E-state index in [0.29, 0.717) is 5.58 Å². The summed E-state index contributed by atoms with van der Waals surface area (Å²) < 4.78 is 10.1. The Morgan fingerprint density at radius 2 is 2.18 bits per heavy atom. The standard InChI is InChI=1S/C11H9NO5/c1-6(13)10-5-7-8(17-10)3-4-9(16-2)11(7)12(14)15/h3-5H,1-2H3. The highest BCUT2D eigenvalue weighted by Crippen LogP contribution is 2.36. The van der Waals surface area contributed by atoms with Crippen molar-refractivity contribution in [1.82, 2.24) is 0 Å². The van der Waals surface area contributed by atoms with Crippen molar-refractivity contribution >= 4 is 22.4 Å². The van der Waals surface area contributed by atoms with Crippen molar-refractivity contribution in [2.75, 3.05) is 7.11 Å². The van der Waals surface area contributed by atoms with E-state index in [2.05, 4.69) is 0 Å². The van der Waals surface area contributed by atoms with Crippen molar-refractivity contribution in [2.45, 2.75) is 6.92 Å². The lowest BCUT2D eigenvalue weighted by Gasteiger charge is -2.00. The van der Waals surface area contributed by atoms with E-state index in [0.717, 1.165) is 0 Å². The lowest BCUT2D eigenvalue weighted by atomic mass is 10.2. The van der Waals surface area contributed by atoms with E-state index in [1.807, 2.05) is 0 Å². The molecule has 0 N–H and O–H groups in total. The minimum atomic E-state index is -0.555. The van der Waals surface area contributed by atoms with Crippen molar-refractivity contribution in [3.63, 3.8) is 0 Å². The fraction of sp³-hybridized carbons (Fsp3) is 0.182. The number of carbonyl (C=O) groups is 1. The van der Waals surface area contributed by atoms with Gasteiger partial charge in [-0.25, -0.2) is 0 Å². The molecule has 6 heteroatoms. The zero-order valence-corrected chi connectivity index (χ0v) is 9.22. The molecule has 1 aromatic heterocycles. The molecule has 2 rings (SSSR count). The molecule has 0 radical (unpaired) electrons. The molecule has 1 aromatic carbocycles. The van der Waals surface area contributed by atoms with Crippen LogP contribution < -0.4 is 4.74 Å². The summed E-state index contributed by atoms with van der Waals surface area (Å²) in [6.07, 6.45) is 0. The van der Waals surface area contributed by atoms with E-state index < -0.39 is 4.92 Å². The van der Waals surface area contributed by atoms with Crippen LogP contribution in [0.3, 0.4) is 0 Å². The Kier molecular flexibility index (Phi) is 2.55. The van der Waals surface area contributed by atoms with Crippen LogP contribution in [0.4, 0.5) is 5.69 Å². The van der Waals surface area contributed by atoms with Gasteiger partial charge < -0.3 is 9.15 Å². The molecule has 0 saturated heterocycles. The smallest absolute Gasteiger partial charge is 0.321 e. The normalized spacial score (nSPS) is 10.5. The second kappa shape index (κ2) is 3.89. The van der Waals surface area contributed by atoms with Crippen LogP contribution >= 0.6 is 0 Å². The van der Waals surface area contributed by atoms with Crippen molar-refractivity contribution in [3.05, 3.63) is 34.1 Å². The molecule has 0 bridgehead atoms. The van der Waals surface area contributed by atoms with Gasteiger partial charge in [0.15, 0.2) is 17.3 Å². The molecule has 0 aliphatic carbocycles. The third-order valence-corrected chi connectivity index (χ3v) is 2.38. The lowest BCUT2D eigenvalue weighted by Crippen LogP contribution is -1.93. The SMILES string of the molecule is COc1ccc2oc(C(C)=O)cc2c1[N+](=O)[O-]. The first-order chi connectivity index (χ1) is 8.04. The van der Waals surface area contributed by atoms with Crippen molar-refractivity contribution in [2.24, 2.45) is 0 Å². The number of hydrogen-bond donors (Lipinski definition) is 0. The zero-order chi connectivity index (χ0) is 12.6. The Morgan fingerprint density at radius 1 is 1.47 bits per heavy atom. The summed E-state index contributed by atoms with van der Waals surface area (Å²) >= 11 is 0. The molecule has 0 aliphatic rings. The summed E-state index contributed by atoms with van der Waals surface area (Å²) in [6.45, 7) is 1.33. The van der Waals surface area contributed by atoms with E-state index in [9.17, 15) is 14.9 Å². The number of Topliss-reactive ketones (excluding diaryl/α,β-unsaturated/α-hetero) is 1. The van der Waals surface area contributed by atoms with Gasteiger partial charge in [0.25, 0.3) is 0 Å². The van der Waals surface area contributed by atoms with Crippen LogP contribution in [0.15, 0.2) is 22.6 Å². The van der Waals surface area contributed by atoms with Crippen LogP contribution in [-0.4, -0.2) is 17.8 Å². The second-order valence-electron chi connectivity index (χ2n) is 3.45. The highest BCUT2D eigenvalue weighted by atomic mass is 16.6. The van der Waals surface area contributed by atoms with Gasteiger partial charge in [-0.1, -0.05) is 0 Å². The minimum Gasteiger partial charge on any atom is -0.490 e. The van der Waals surface area contributed by atoms with Crippen molar-refractivity contribution < 1.29 is 18.9 Å². The molecule has 0 atom stereocenters. The fourth-order valence-corrected chi connectivity index (χ4v) is 1.60. The first-order valence-corrected chi connectivity index (χ1v) is 4.80. The second-order valence-corrected chi connectivity index (χ2v) is 3.45. The lowest BCUT2D eigenvalue weighted by molar-refractivity contribution is -0.383. The number of carbonyl (C=O) groups excluding carboxylic acids is 1. The van der Waals surface area contributed by atoms with Gasteiger partial charge in [0, 0.05) is 13.0 Å². The largest absolute Gasteiger partial charge is 0.490 e. The maximum atomic E-state index is 11.2. The quantitative estimate of drug-likeness (QED) is 0.463. The van der Waals surface area contributed by atoms with Crippen LogP contribution in [0.2, 0.25) is 0 Å². The Morgan fingerprint density at radius 3 is 2.71 bits per heavy atom. The number of fused-ring (bicyclic) bond motifs is 1. The first-order valence-electron chi connectivity index (χ1n) is 4.80. The molecule has 88 valence electrons. The average Bonchev–Trinajstić information content (AvgIpc) is 2.70. The highest BCUT2D eigenvalue weighted by molar-refractivity contribution is 5.99. The zero-order valence-electron chi connectivity index (χ0n) is 9.22. The molecule has 0 saturated carbocycles. The Hall–Kier alpha value is -2.37. The predicted molar refractivity (Wildman–Crippen MR) is 59.4 cm³/mol. The Labute approximate surface area is 95.9 Å². The summed E-state index contributed by atoms with van der Waals surface area (Å²) in [4.78, 5) is 21.6. The number of ketones is 1. The number of nitro benzene ring substituents is 1. The van der Waals surface area contributed by atoms with Crippen LogP contribution in [0, 0.1) is 10.1 Å². The minimum absolute atomic E-state index is 0.0938. The number of nitro groups is 1. The molecule has 0 fully saturated rings. The summed E-state index contributed by atoms with van der Waals surface area (Å²) in [6, 6.07) is 4.33. The molecule has 6 nitrogen and oxygen atoms in total. The number of rotatable bonds is 3. The molecule has 17 heavy (non-hydrogen) atoms. The van der Waals surface area contributed by atoms with E-state index >= 15 is 0 Å². The van der Waals surface area contributed by atoms with Crippen LogP contribution in [0.1, 0.15) is 17.5 Å². The molecule has 0 unspecified atom stereocenters. The van der Waals surface area contributed by atoms with Crippen LogP contribution in [0.5, 0.6) is 5.75 Å². The Balaban J connectivity index is 2.80. The molecule has 0 spiro atoms. The summed E-state index contributed by atoms with van der Waals surface area (Å²) in [7, 11) is 1.35. The van der Waals surface area contributed by atoms with Crippen molar-refractivity contribution in [3.8, 4) is 5.75 Å². The third-order valence-electron chi connectivity index (χ3n) is 2.38. The number of nitrogens with zero attached hydrogens (tertiary/aromatic N) is 1. The molecular formula is C11H9NO5. The number of furan rings is 1. The Bertz CT molecular complexity index is 614. The van der Waals surface area contributed by atoms with Gasteiger partial charge in [0.1, 0.15) is 11.0 Å². The summed E-state index contributed by atoms with van der Waals surface area (Å²) in [5.41, 5.74) is 0.101. The maximum Gasteiger partial charge on any atom is 0.321 e. The van der Waals surface area contributed by atoms with Crippen LogP contribution in [0.25, 0.3) is 11.0 Å². The third kappa shape index (κ3) is 1.73. The molecular weight excluding hydrogens is 226 g/mol. The van der Waals surface area contributed by atoms with Gasteiger partial charge in [-0.3, -0.25) is 14.9 Å². The monoisotopic (exact) mass is 235 g/mol. The fourth-order valence-electron chi connectivity index (χ4n) is 1.60. The molecule has 2 aromatic rings. The number of benzene rings is 1.